The van der Waals surface area contributed by atoms with Crippen molar-refractivity contribution in [2.24, 2.45) is 0 Å². The second kappa shape index (κ2) is 13.5. The van der Waals surface area contributed by atoms with Gasteiger partial charge >= 0.3 is 12.1 Å². The maximum absolute atomic E-state index is 12.3. The summed E-state index contributed by atoms with van der Waals surface area (Å²) < 4.78 is 17.3. The number of rotatable bonds is 11. The lowest BCUT2D eigenvalue weighted by Gasteiger charge is -2.22. The highest BCUT2D eigenvalue weighted by molar-refractivity contribution is 5.71. The maximum atomic E-state index is 12.3. The van der Waals surface area contributed by atoms with Gasteiger partial charge in [-0.15, -0.1) is 0 Å². The zero-order valence-electron chi connectivity index (χ0n) is 24.1. The van der Waals surface area contributed by atoms with E-state index in [1.165, 1.54) is 0 Å². The summed E-state index contributed by atoms with van der Waals surface area (Å²) in [6.45, 7) is 9.05. The van der Waals surface area contributed by atoms with Crippen molar-refractivity contribution in [2.45, 2.75) is 71.3 Å². The number of ether oxygens (including phenoxy) is 3. The predicted molar refractivity (Wildman–Crippen MR) is 157 cm³/mol. The second-order valence-corrected chi connectivity index (χ2v) is 11.2. The second-order valence-electron chi connectivity index (χ2n) is 11.2. The highest BCUT2D eigenvalue weighted by Crippen LogP contribution is 2.27. The molecule has 0 aliphatic carbocycles. The van der Waals surface area contributed by atoms with E-state index in [0.717, 1.165) is 42.0 Å². The van der Waals surface area contributed by atoms with Gasteiger partial charge in [0.2, 0.25) is 0 Å². The van der Waals surface area contributed by atoms with Crippen molar-refractivity contribution in [3.8, 4) is 17.0 Å². The third-order valence-corrected chi connectivity index (χ3v) is 6.50. The molecular formula is C32H39N3O6. The van der Waals surface area contributed by atoms with Crippen LogP contribution in [0.15, 0.2) is 60.7 Å². The topological polar surface area (TPSA) is 119 Å². The number of aliphatic carboxylic acids is 1. The molecular weight excluding hydrogens is 522 g/mol. The van der Waals surface area contributed by atoms with Crippen molar-refractivity contribution in [1.29, 1.82) is 0 Å². The zero-order valence-corrected chi connectivity index (χ0v) is 24.1. The van der Waals surface area contributed by atoms with Gasteiger partial charge in [0, 0.05) is 30.0 Å². The SMILES string of the molecule is C[C@@H](NC(=O)OC(C)(C)C)c1cccc(-c2cc(COc3ccccc3CC(=O)O)cc(NC[C@H]3CCCO3)c2)n1. The lowest BCUT2D eigenvalue weighted by atomic mass is 10.0. The molecule has 1 aromatic heterocycles. The average Bonchev–Trinajstić information content (AvgIpc) is 3.44. The summed E-state index contributed by atoms with van der Waals surface area (Å²) >= 11 is 0. The van der Waals surface area contributed by atoms with Crippen LogP contribution in [0.25, 0.3) is 11.3 Å². The molecule has 41 heavy (non-hydrogen) atoms. The van der Waals surface area contributed by atoms with E-state index in [4.69, 9.17) is 19.2 Å². The first-order valence-electron chi connectivity index (χ1n) is 13.9. The van der Waals surface area contributed by atoms with Crippen LogP contribution in [0, 0.1) is 0 Å². The lowest BCUT2D eigenvalue weighted by molar-refractivity contribution is -0.136. The number of pyridine rings is 1. The summed E-state index contributed by atoms with van der Waals surface area (Å²) in [5, 5.41) is 15.6. The number of amides is 1. The van der Waals surface area contributed by atoms with E-state index in [9.17, 15) is 14.7 Å². The Bertz CT molecular complexity index is 1350. The molecule has 0 saturated carbocycles. The molecule has 1 saturated heterocycles. The number of para-hydroxylation sites is 1. The summed E-state index contributed by atoms with van der Waals surface area (Å²) in [5.74, 6) is -0.374. The van der Waals surface area contributed by atoms with Gasteiger partial charge in [-0.2, -0.15) is 0 Å². The zero-order chi connectivity index (χ0) is 29.4. The molecule has 0 bridgehead atoms. The van der Waals surface area contributed by atoms with Crippen molar-refractivity contribution in [3.63, 3.8) is 0 Å². The monoisotopic (exact) mass is 561 g/mol. The molecule has 3 N–H and O–H groups in total. The third kappa shape index (κ3) is 9.21. The van der Waals surface area contributed by atoms with Crippen LogP contribution >= 0.6 is 0 Å². The first-order chi connectivity index (χ1) is 19.6. The normalized spacial score (nSPS) is 15.7. The van der Waals surface area contributed by atoms with Crippen LogP contribution in [0.2, 0.25) is 0 Å². The number of nitrogens with one attached hydrogen (secondary N) is 2. The van der Waals surface area contributed by atoms with Crippen molar-refractivity contribution in [2.75, 3.05) is 18.5 Å². The largest absolute Gasteiger partial charge is 0.489 e. The van der Waals surface area contributed by atoms with Gasteiger partial charge in [0.15, 0.2) is 0 Å². The molecule has 1 aliphatic heterocycles. The Kier molecular flexibility index (Phi) is 9.83. The summed E-state index contributed by atoms with van der Waals surface area (Å²) in [6, 6.07) is 18.6. The Hall–Kier alpha value is -4.11. The third-order valence-electron chi connectivity index (χ3n) is 6.50. The number of aromatic nitrogens is 1. The standard InChI is InChI=1S/C32H39N3O6/c1-21(34-31(38)41-32(2,3)4)27-11-7-12-28(35-27)24-15-22(16-25(17-24)33-19-26-10-8-14-39-26)20-40-29-13-6-5-9-23(29)18-30(36)37/h5-7,9,11-13,15-17,21,26,33H,8,10,14,18-20H2,1-4H3,(H,34,38)(H,36,37)/t21-,26-/m1/s1. The smallest absolute Gasteiger partial charge is 0.408 e. The van der Waals surface area contributed by atoms with Crippen LogP contribution < -0.4 is 15.4 Å². The Labute approximate surface area is 241 Å². The fourth-order valence-corrected chi connectivity index (χ4v) is 4.59. The van der Waals surface area contributed by atoms with E-state index in [1.54, 1.807) is 18.2 Å². The van der Waals surface area contributed by atoms with Gasteiger partial charge in [0.05, 0.1) is 30.0 Å². The molecule has 2 aromatic carbocycles. The molecule has 1 fully saturated rings. The molecule has 2 atom stereocenters. The minimum absolute atomic E-state index is 0.114. The average molecular weight is 562 g/mol. The van der Waals surface area contributed by atoms with Crippen molar-refractivity contribution >= 4 is 17.7 Å². The molecule has 0 unspecified atom stereocenters. The number of hydrogen-bond donors (Lipinski definition) is 3. The van der Waals surface area contributed by atoms with Crippen LogP contribution in [-0.4, -0.2) is 47.0 Å². The van der Waals surface area contributed by atoms with Gasteiger partial charge < -0.3 is 30.0 Å². The molecule has 1 aliphatic rings. The molecule has 1 amide bonds. The Morgan fingerprint density at radius 1 is 1.12 bits per heavy atom. The molecule has 9 nitrogen and oxygen atoms in total. The molecule has 0 spiro atoms. The van der Waals surface area contributed by atoms with Crippen LogP contribution in [0.3, 0.4) is 0 Å². The van der Waals surface area contributed by atoms with E-state index in [-0.39, 0.29) is 25.2 Å². The summed E-state index contributed by atoms with van der Waals surface area (Å²) in [5.41, 5.74) is 4.15. The first kappa shape index (κ1) is 29.9. The van der Waals surface area contributed by atoms with Gasteiger partial charge in [0.25, 0.3) is 0 Å². The minimum Gasteiger partial charge on any atom is -0.489 e. The number of alkyl carbamates (subject to hydrolysis) is 1. The van der Waals surface area contributed by atoms with Gasteiger partial charge in [-0.3, -0.25) is 9.78 Å². The van der Waals surface area contributed by atoms with E-state index in [2.05, 4.69) is 10.6 Å². The van der Waals surface area contributed by atoms with Crippen molar-refractivity contribution in [3.05, 3.63) is 77.5 Å². The van der Waals surface area contributed by atoms with Crippen LogP contribution in [0.5, 0.6) is 5.75 Å². The Morgan fingerprint density at radius 2 is 1.93 bits per heavy atom. The summed E-state index contributed by atoms with van der Waals surface area (Å²) in [6.07, 6.45) is 1.64. The molecule has 2 heterocycles. The number of nitrogens with zero attached hydrogens (tertiary/aromatic N) is 1. The number of benzene rings is 2. The number of hydrogen-bond acceptors (Lipinski definition) is 7. The summed E-state index contributed by atoms with van der Waals surface area (Å²) in [4.78, 5) is 28.5. The van der Waals surface area contributed by atoms with E-state index in [0.29, 0.717) is 23.6 Å². The fourth-order valence-electron chi connectivity index (χ4n) is 4.59. The number of carbonyl (C=O) groups excluding carboxylic acids is 1. The quantitative estimate of drug-likeness (QED) is 0.256. The van der Waals surface area contributed by atoms with Crippen LogP contribution in [0.1, 0.15) is 63.4 Å². The minimum atomic E-state index is -0.912. The summed E-state index contributed by atoms with van der Waals surface area (Å²) in [7, 11) is 0. The van der Waals surface area contributed by atoms with Crippen molar-refractivity contribution in [1.82, 2.24) is 10.3 Å². The van der Waals surface area contributed by atoms with Gasteiger partial charge in [-0.1, -0.05) is 24.3 Å². The highest BCUT2D eigenvalue weighted by Gasteiger charge is 2.20. The van der Waals surface area contributed by atoms with Gasteiger partial charge in [0.1, 0.15) is 18.0 Å². The van der Waals surface area contributed by atoms with E-state index in [1.807, 2.05) is 70.2 Å². The van der Waals surface area contributed by atoms with Crippen molar-refractivity contribution < 1.29 is 28.9 Å². The lowest BCUT2D eigenvalue weighted by Crippen LogP contribution is -2.34. The van der Waals surface area contributed by atoms with Crippen LogP contribution in [-0.2, 0) is 27.3 Å². The Morgan fingerprint density at radius 3 is 2.66 bits per heavy atom. The van der Waals surface area contributed by atoms with Crippen LogP contribution in [0.4, 0.5) is 10.5 Å². The molecule has 4 rings (SSSR count). The van der Waals surface area contributed by atoms with Gasteiger partial charge in [-0.05, 0) is 82.5 Å². The fraction of sp³-hybridized carbons (Fsp3) is 0.406. The number of anilines is 1. The Balaban J connectivity index is 1.57. The molecule has 9 heteroatoms. The van der Waals surface area contributed by atoms with Gasteiger partial charge in [-0.25, -0.2) is 4.79 Å². The molecule has 218 valence electrons. The number of carboxylic acids is 1. The molecule has 0 radical (unpaired) electrons. The predicted octanol–water partition coefficient (Wildman–Crippen LogP) is 6.13. The maximum Gasteiger partial charge on any atom is 0.408 e. The number of carboxylic acid groups (broad SMARTS) is 1. The van der Waals surface area contributed by atoms with E-state index < -0.39 is 17.7 Å². The highest BCUT2D eigenvalue weighted by atomic mass is 16.6. The number of carbonyl (C=O) groups is 2. The first-order valence-corrected chi connectivity index (χ1v) is 13.9. The molecule has 3 aromatic rings. The van der Waals surface area contributed by atoms with E-state index >= 15 is 0 Å².